The summed E-state index contributed by atoms with van der Waals surface area (Å²) in [7, 11) is 0. The lowest BCUT2D eigenvalue weighted by atomic mass is 10.1. The van der Waals surface area contributed by atoms with Crippen molar-refractivity contribution >= 4 is 28.9 Å². The SMILES string of the molecule is O=C(CC[C@@H]1NC(=O)NC1=O)NCc1ccc2nonc2c1. The van der Waals surface area contributed by atoms with Gasteiger partial charge in [0.05, 0.1) is 0 Å². The van der Waals surface area contributed by atoms with Crippen LogP contribution in [0.4, 0.5) is 4.79 Å². The second kappa shape index (κ2) is 5.80. The molecule has 9 nitrogen and oxygen atoms in total. The Kier molecular flexibility index (Phi) is 3.69. The number of amides is 4. The molecule has 0 unspecified atom stereocenters. The predicted octanol–water partition coefficient (Wildman–Crippen LogP) is -0.173. The van der Waals surface area contributed by atoms with Crippen molar-refractivity contribution in [2.45, 2.75) is 25.4 Å². The molecule has 4 amide bonds. The van der Waals surface area contributed by atoms with Gasteiger partial charge in [-0.15, -0.1) is 0 Å². The summed E-state index contributed by atoms with van der Waals surface area (Å²) >= 11 is 0. The number of hydrogen-bond acceptors (Lipinski definition) is 6. The second-order valence-corrected chi connectivity index (χ2v) is 4.92. The van der Waals surface area contributed by atoms with E-state index >= 15 is 0 Å². The molecule has 1 saturated heterocycles. The first-order chi connectivity index (χ1) is 10.6. The molecule has 0 radical (unpaired) electrons. The van der Waals surface area contributed by atoms with Crippen molar-refractivity contribution in [3.8, 4) is 0 Å². The van der Waals surface area contributed by atoms with Crippen LogP contribution in [0.25, 0.3) is 11.0 Å². The third kappa shape index (κ3) is 3.03. The van der Waals surface area contributed by atoms with Crippen molar-refractivity contribution in [3.63, 3.8) is 0 Å². The van der Waals surface area contributed by atoms with E-state index in [0.29, 0.717) is 17.6 Å². The number of carbonyl (C=O) groups excluding carboxylic acids is 3. The topological polar surface area (TPSA) is 126 Å². The van der Waals surface area contributed by atoms with Crippen LogP contribution in [0.2, 0.25) is 0 Å². The van der Waals surface area contributed by atoms with Gasteiger partial charge in [-0.05, 0) is 34.4 Å². The van der Waals surface area contributed by atoms with Gasteiger partial charge in [0.1, 0.15) is 17.1 Å². The van der Waals surface area contributed by atoms with Crippen molar-refractivity contribution in [3.05, 3.63) is 23.8 Å². The highest BCUT2D eigenvalue weighted by Gasteiger charge is 2.29. The lowest BCUT2D eigenvalue weighted by Crippen LogP contribution is -2.31. The minimum Gasteiger partial charge on any atom is -0.352 e. The molecule has 1 aromatic heterocycles. The number of fused-ring (bicyclic) bond motifs is 1. The van der Waals surface area contributed by atoms with Gasteiger partial charge in [0.2, 0.25) is 5.91 Å². The van der Waals surface area contributed by atoms with Gasteiger partial charge in [0.25, 0.3) is 5.91 Å². The quantitative estimate of drug-likeness (QED) is 0.658. The fraction of sp³-hybridized carbons (Fsp3) is 0.308. The number of rotatable bonds is 5. The summed E-state index contributed by atoms with van der Waals surface area (Å²) in [5, 5.41) is 14.7. The summed E-state index contributed by atoms with van der Waals surface area (Å²) in [6, 6.07) is 4.18. The monoisotopic (exact) mass is 303 g/mol. The number of urea groups is 1. The Labute approximate surface area is 124 Å². The molecular formula is C13H13N5O4. The Hall–Kier alpha value is -2.97. The van der Waals surface area contributed by atoms with Gasteiger partial charge in [-0.1, -0.05) is 6.07 Å². The van der Waals surface area contributed by atoms with E-state index in [-0.39, 0.29) is 18.7 Å². The zero-order valence-corrected chi connectivity index (χ0v) is 11.5. The van der Waals surface area contributed by atoms with Crippen LogP contribution in [0.1, 0.15) is 18.4 Å². The zero-order valence-electron chi connectivity index (χ0n) is 11.5. The molecule has 1 aliphatic rings. The third-order valence-electron chi connectivity index (χ3n) is 3.33. The largest absolute Gasteiger partial charge is 0.352 e. The first kappa shape index (κ1) is 14.0. The molecule has 1 atom stereocenters. The average Bonchev–Trinajstić information content (AvgIpc) is 3.08. The maximum absolute atomic E-state index is 11.8. The first-order valence-corrected chi connectivity index (χ1v) is 6.71. The molecule has 1 aromatic carbocycles. The fourth-order valence-electron chi connectivity index (χ4n) is 2.16. The molecule has 0 spiro atoms. The highest BCUT2D eigenvalue weighted by molar-refractivity contribution is 6.04. The van der Waals surface area contributed by atoms with E-state index in [1.807, 2.05) is 6.07 Å². The van der Waals surface area contributed by atoms with Gasteiger partial charge in [0.15, 0.2) is 0 Å². The van der Waals surface area contributed by atoms with Gasteiger partial charge >= 0.3 is 6.03 Å². The zero-order chi connectivity index (χ0) is 15.5. The molecule has 1 aliphatic heterocycles. The fourth-order valence-corrected chi connectivity index (χ4v) is 2.16. The number of hydrogen-bond donors (Lipinski definition) is 3. The Bertz CT molecular complexity index is 741. The number of carbonyl (C=O) groups is 3. The van der Waals surface area contributed by atoms with Gasteiger partial charge in [-0.2, -0.15) is 0 Å². The van der Waals surface area contributed by atoms with E-state index in [1.54, 1.807) is 12.1 Å². The van der Waals surface area contributed by atoms with Crippen molar-refractivity contribution in [2.75, 3.05) is 0 Å². The number of nitrogens with one attached hydrogen (secondary N) is 3. The Morgan fingerprint density at radius 2 is 2.09 bits per heavy atom. The maximum atomic E-state index is 11.8. The Morgan fingerprint density at radius 3 is 2.86 bits per heavy atom. The molecule has 2 heterocycles. The van der Waals surface area contributed by atoms with Gasteiger partial charge in [-0.3, -0.25) is 14.9 Å². The van der Waals surface area contributed by atoms with Crippen LogP contribution in [0.3, 0.4) is 0 Å². The lowest BCUT2D eigenvalue weighted by molar-refractivity contribution is -0.122. The molecule has 0 saturated carbocycles. The number of aromatic nitrogens is 2. The molecule has 1 fully saturated rings. The molecule has 2 aromatic rings. The summed E-state index contributed by atoms with van der Waals surface area (Å²) in [6.45, 7) is 0.338. The number of benzene rings is 1. The number of nitrogens with zero attached hydrogens (tertiary/aromatic N) is 2. The van der Waals surface area contributed by atoms with Crippen LogP contribution in [-0.4, -0.2) is 34.2 Å². The molecule has 3 N–H and O–H groups in total. The first-order valence-electron chi connectivity index (χ1n) is 6.71. The van der Waals surface area contributed by atoms with Crippen molar-refractivity contribution in [1.29, 1.82) is 0 Å². The molecule has 3 rings (SSSR count). The van der Waals surface area contributed by atoms with Crippen LogP contribution < -0.4 is 16.0 Å². The summed E-state index contributed by atoms with van der Waals surface area (Å²) < 4.78 is 4.60. The molecule has 0 aliphatic carbocycles. The highest BCUT2D eigenvalue weighted by Crippen LogP contribution is 2.11. The third-order valence-corrected chi connectivity index (χ3v) is 3.33. The Morgan fingerprint density at radius 1 is 1.27 bits per heavy atom. The molecular weight excluding hydrogens is 290 g/mol. The van der Waals surface area contributed by atoms with E-state index in [1.165, 1.54) is 0 Å². The van der Waals surface area contributed by atoms with Crippen LogP contribution in [0.15, 0.2) is 22.8 Å². The number of imide groups is 1. The van der Waals surface area contributed by atoms with Crippen LogP contribution in [0.5, 0.6) is 0 Å². The van der Waals surface area contributed by atoms with Crippen molar-refractivity contribution in [2.24, 2.45) is 0 Å². The van der Waals surface area contributed by atoms with E-state index in [4.69, 9.17) is 0 Å². The summed E-state index contributed by atoms with van der Waals surface area (Å²) in [5.41, 5.74) is 2.14. The summed E-state index contributed by atoms with van der Waals surface area (Å²) in [5.74, 6) is -0.603. The van der Waals surface area contributed by atoms with Crippen LogP contribution in [0, 0.1) is 0 Å². The second-order valence-electron chi connectivity index (χ2n) is 4.92. The molecule has 9 heteroatoms. The minimum absolute atomic E-state index is 0.145. The molecule has 22 heavy (non-hydrogen) atoms. The van der Waals surface area contributed by atoms with Crippen LogP contribution >= 0.6 is 0 Å². The summed E-state index contributed by atoms with van der Waals surface area (Å²) in [4.78, 5) is 34.0. The normalized spacial score (nSPS) is 17.4. The smallest absolute Gasteiger partial charge is 0.322 e. The maximum Gasteiger partial charge on any atom is 0.322 e. The molecule has 114 valence electrons. The van der Waals surface area contributed by atoms with Crippen molar-refractivity contribution < 1.29 is 19.0 Å². The van der Waals surface area contributed by atoms with E-state index in [0.717, 1.165) is 5.56 Å². The lowest BCUT2D eigenvalue weighted by Gasteiger charge is -2.08. The van der Waals surface area contributed by atoms with Gasteiger partial charge in [-0.25, -0.2) is 9.42 Å². The molecule has 0 bridgehead atoms. The van der Waals surface area contributed by atoms with E-state index in [9.17, 15) is 14.4 Å². The van der Waals surface area contributed by atoms with Gasteiger partial charge < -0.3 is 10.6 Å². The van der Waals surface area contributed by atoms with Crippen LogP contribution in [-0.2, 0) is 16.1 Å². The van der Waals surface area contributed by atoms with Crippen molar-refractivity contribution in [1.82, 2.24) is 26.3 Å². The minimum atomic E-state index is -0.643. The Balaban J connectivity index is 1.47. The van der Waals surface area contributed by atoms with E-state index < -0.39 is 18.0 Å². The highest BCUT2D eigenvalue weighted by atomic mass is 16.6. The predicted molar refractivity (Wildman–Crippen MR) is 73.3 cm³/mol. The average molecular weight is 303 g/mol. The van der Waals surface area contributed by atoms with E-state index in [2.05, 4.69) is 30.9 Å². The van der Waals surface area contributed by atoms with Gasteiger partial charge in [0, 0.05) is 13.0 Å². The standard InChI is InChI=1S/C13H13N5O4/c19-11(4-3-9-12(20)16-13(21)15-9)14-6-7-1-2-8-10(5-7)18-22-17-8/h1-2,5,9H,3-4,6H2,(H,14,19)(H2,15,16,20,21)/t9-/m0/s1. The summed E-state index contributed by atoms with van der Waals surface area (Å²) in [6.07, 6.45) is 0.405.